The molecule has 0 aliphatic heterocycles. The zero-order valence-electron chi connectivity index (χ0n) is 12.5. The van der Waals surface area contributed by atoms with Crippen molar-refractivity contribution < 1.29 is 14.3 Å². The molecular weight excluding hydrogens is 282 g/mol. The van der Waals surface area contributed by atoms with E-state index in [1.807, 2.05) is 6.07 Å². The standard InChI is InChI=1S/C16H19N3O3/c1-22-10-2-9-18-14(20)16(7-8-16)15(21)19-13-5-3-12(11-17)4-6-13/h3-6H,2,7-10H2,1H3,(H,18,20)(H,19,21). The second-order valence-electron chi connectivity index (χ2n) is 5.33. The van der Waals surface area contributed by atoms with Crippen molar-refractivity contribution in [2.75, 3.05) is 25.6 Å². The molecule has 0 heterocycles. The minimum atomic E-state index is -0.943. The normalized spacial score (nSPS) is 14.7. The van der Waals surface area contributed by atoms with Gasteiger partial charge < -0.3 is 15.4 Å². The lowest BCUT2D eigenvalue weighted by atomic mass is 10.0. The first-order chi connectivity index (χ1) is 10.6. The SMILES string of the molecule is COCCCNC(=O)C1(C(=O)Nc2ccc(C#N)cc2)CC1. The van der Waals surface area contributed by atoms with Gasteiger partial charge in [-0.25, -0.2) is 0 Å². The number of hydrogen-bond acceptors (Lipinski definition) is 4. The van der Waals surface area contributed by atoms with E-state index in [0.717, 1.165) is 6.42 Å². The van der Waals surface area contributed by atoms with E-state index in [2.05, 4.69) is 10.6 Å². The van der Waals surface area contributed by atoms with E-state index < -0.39 is 5.41 Å². The van der Waals surface area contributed by atoms with Crippen molar-refractivity contribution in [1.29, 1.82) is 5.26 Å². The average molecular weight is 301 g/mol. The van der Waals surface area contributed by atoms with Crippen LogP contribution in [0.1, 0.15) is 24.8 Å². The molecule has 0 aromatic heterocycles. The Hall–Kier alpha value is -2.39. The monoisotopic (exact) mass is 301 g/mol. The van der Waals surface area contributed by atoms with Crippen LogP contribution in [0.25, 0.3) is 0 Å². The molecule has 0 unspecified atom stereocenters. The molecule has 2 N–H and O–H groups in total. The van der Waals surface area contributed by atoms with E-state index in [4.69, 9.17) is 10.00 Å². The fourth-order valence-corrected chi connectivity index (χ4v) is 2.15. The number of ether oxygens (including phenoxy) is 1. The molecule has 116 valence electrons. The van der Waals surface area contributed by atoms with Gasteiger partial charge in [0, 0.05) is 25.9 Å². The van der Waals surface area contributed by atoms with Crippen molar-refractivity contribution in [2.45, 2.75) is 19.3 Å². The molecule has 1 aromatic carbocycles. The Morgan fingerprint density at radius 1 is 1.27 bits per heavy atom. The minimum absolute atomic E-state index is 0.227. The smallest absolute Gasteiger partial charge is 0.240 e. The number of carbonyl (C=O) groups is 2. The maximum absolute atomic E-state index is 12.3. The molecule has 0 saturated heterocycles. The van der Waals surface area contributed by atoms with E-state index in [-0.39, 0.29) is 11.8 Å². The van der Waals surface area contributed by atoms with E-state index >= 15 is 0 Å². The lowest BCUT2D eigenvalue weighted by Gasteiger charge is -2.15. The summed E-state index contributed by atoms with van der Waals surface area (Å²) in [6.07, 6.45) is 1.84. The fourth-order valence-electron chi connectivity index (χ4n) is 2.15. The van der Waals surface area contributed by atoms with Crippen LogP contribution in [-0.4, -0.2) is 32.1 Å². The molecule has 22 heavy (non-hydrogen) atoms. The van der Waals surface area contributed by atoms with Crippen LogP contribution in [0.2, 0.25) is 0 Å². The summed E-state index contributed by atoms with van der Waals surface area (Å²) in [5.74, 6) is -0.517. The number of benzene rings is 1. The number of amides is 2. The molecule has 1 saturated carbocycles. The number of anilines is 1. The summed E-state index contributed by atoms with van der Waals surface area (Å²) >= 11 is 0. The Kier molecular flexibility index (Phi) is 5.12. The highest BCUT2D eigenvalue weighted by molar-refractivity contribution is 6.13. The maximum atomic E-state index is 12.3. The van der Waals surface area contributed by atoms with E-state index in [1.165, 1.54) is 0 Å². The highest BCUT2D eigenvalue weighted by Crippen LogP contribution is 2.46. The molecule has 0 atom stereocenters. The number of nitrogens with zero attached hydrogens (tertiary/aromatic N) is 1. The highest BCUT2D eigenvalue weighted by Gasteiger charge is 2.56. The van der Waals surface area contributed by atoms with Crippen LogP contribution in [0.15, 0.2) is 24.3 Å². The summed E-state index contributed by atoms with van der Waals surface area (Å²) in [6, 6.07) is 8.58. The van der Waals surface area contributed by atoms with Crippen molar-refractivity contribution in [3.63, 3.8) is 0 Å². The van der Waals surface area contributed by atoms with Crippen LogP contribution in [0.5, 0.6) is 0 Å². The fraction of sp³-hybridized carbons (Fsp3) is 0.438. The van der Waals surface area contributed by atoms with Crippen molar-refractivity contribution in [3.8, 4) is 6.07 Å². The van der Waals surface area contributed by atoms with Gasteiger partial charge in [0.25, 0.3) is 0 Å². The van der Waals surface area contributed by atoms with Crippen molar-refractivity contribution >= 4 is 17.5 Å². The van der Waals surface area contributed by atoms with Gasteiger partial charge in [-0.3, -0.25) is 9.59 Å². The number of carbonyl (C=O) groups excluding carboxylic acids is 2. The lowest BCUT2D eigenvalue weighted by Crippen LogP contribution is -2.40. The molecule has 2 amide bonds. The number of rotatable bonds is 7. The van der Waals surface area contributed by atoms with Crippen LogP contribution >= 0.6 is 0 Å². The molecule has 1 fully saturated rings. The molecule has 1 aliphatic rings. The van der Waals surface area contributed by atoms with Crippen molar-refractivity contribution in [1.82, 2.24) is 5.32 Å². The minimum Gasteiger partial charge on any atom is -0.385 e. The van der Waals surface area contributed by atoms with Gasteiger partial charge in [0.2, 0.25) is 11.8 Å². The van der Waals surface area contributed by atoms with E-state index in [1.54, 1.807) is 31.4 Å². The molecule has 2 rings (SSSR count). The molecule has 6 heteroatoms. The van der Waals surface area contributed by atoms with Gasteiger partial charge in [-0.15, -0.1) is 0 Å². The third-order valence-electron chi connectivity index (χ3n) is 3.70. The maximum Gasteiger partial charge on any atom is 0.240 e. The Morgan fingerprint density at radius 2 is 1.95 bits per heavy atom. The van der Waals surface area contributed by atoms with Crippen LogP contribution in [-0.2, 0) is 14.3 Å². The third kappa shape index (κ3) is 3.62. The van der Waals surface area contributed by atoms with Gasteiger partial charge in [-0.05, 0) is 43.5 Å². The largest absolute Gasteiger partial charge is 0.385 e. The van der Waals surface area contributed by atoms with Crippen molar-refractivity contribution in [2.24, 2.45) is 5.41 Å². The zero-order chi connectivity index (χ0) is 16.0. The molecule has 0 spiro atoms. The molecule has 1 aliphatic carbocycles. The summed E-state index contributed by atoms with van der Waals surface area (Å²) in [7, 11) is 1.61. The van der Waals surface area contributed by atoms with Gasteiger partial charge in [0.15, 0.2) is 0 Å². The molecular formula is C16H19N3O3. The Bertz CT molecular complexity index is 586. The van der Waals surface area contributed by atoms with Gasteiger partial charge in [-0.1, -0.05) is 0 Å². The van der Waals surface area contributed by atoms with E-state index in [9.17, 15) is 9.59 Å². The topological polar surface area (TPSA) is 91.2 Å². The molecule has 6 nitrogen and oxygen atoms in total. The highest BCUT2D eigenvalue weighted by atomic mass is 16.5. The van der Waals surface area contributed by atoms with Gasteiger partial charge in [0.05, 0.1) is 11.6 Å². The summed E-state index contributed by atoms with van der Waals surface area (Å²) in [5, 5.41) is 14.3. The van der Waals surface area contributed by atoms with Crippen molar-refractivity contribution in [3.05, 3.63) is 29.8 Å². The second kappa shape index (κ2) is 7.05. The first-order valence-corrected chi connectivity index (χ1v) is 7.21. The Labute approximate surface area is 129 Å². The summed E-state index contributed by atoms with van der Waals surface area (Å²) in [4.78, 5) is 24.5. The number of hydrogen-bond donors (Lipinski definition) is 2. The summed E-state index contributed by atoms with van der Waals surface area (Å²) in [6.45, 7) is 1.07. The second-order valence-corrected chi connectivity index (χ2v) is 5.33. The van der Waals surface area contributed by atoms with Crippen LogP contribution in [0.3, 0.4) is 0 Å². The van der Waals surface area contributed by atoms with Gasteiger partial charge >= 0.3 is 0 Å². The first kappa shape index (κ1) is 16.0. The molecule has 0 radical (unpaired) electrons. The van der Waals surface area contributed by atoms with Gasteiger partial charge in [0.1, 0.15) is 5.41 Å². The van der Waals surface area contributed by atoms with Crippen LogP contribution in [0, 0.1) is 16.7 Å². The van der Waals surface area contributed by atoms with Crippen LogP contribution in [0.4, 0.5) is 5.69 Å². The van der Waals surface area contributed by atoms with Crippen LogP contribution < -0.4 is 10.6 Å². The number of methoxy groups -OCH3 is 1. The zero-order valence-corrected chi connectivity index (χ0v) is 12.5. The average Bonchev–Trinajstić information content (AvgIpc) is 3.34. The summed E-state index contributed by atoms with van der Waals surface area (Å²) in [5.41, 5.74) is 0.165. The molecule has 1 aromatic rings. The number of nitriles is 1. The van der Waals surface area contributed by atoms with Gasteiger partial charge in [-0.2, -0.15) is 5.26 Å². The Morgan fingerprint density at radius 3 is 2.50 bits per heavy atom. The Balaban J connectivity index is 1.90. The van der Waals surface area contributed by atoms with E-state index in [0.29, 0.717) is 37.2 Å². The number of nitrogens with one attached hydrogen (secondary N) is 2. The predicted octanol–water partition coefficient (Wildman–Crippen LogP) is 1.43. The quantitative estimate of drug-likeness (QED) is 0.589. The summed E-state index contributed by atoms with van der Waals surface area (Å²) < 4.78 is 4.92. The third-order valence-corrected chi connectivity index (χ3v) is 3.70. The first-order valence-electron chi connectivity index (χ1n) is 7.21. The predicted molar refractivity (Wildman–Crippen MR) is 81.0 cm³/mol. The lowest BCUT2D eigenvalue weighted by molar-refractivity contribution is -0.134. The molecule has 0 bridgehead atoms.